The maximum Gasteiger partial charge on any atom is 0.338 e. The number of nitrogens with zero attached hydrogens (tertiary/aromatic N) is 1. The first-order chi connectivity index (χ1) is 14.8. The summed E-state index contributed by atoms with van der Waals surface area (Å²) < 4.78 is 11.4. The van der Waals surface area contributed by atoms with Gasteiger partial charge in [-0.2, -0.15) is 0 Å². The SMILES string of the molecule is Cc1ccsc1-c1nc(C(C)OC(=O)c2ccc(CC3SC(=O)NC3=O)cc2)c(C)o1. The van der Waals surface area contributed by atoms with E-state index >= 15 is 0 Å². The average molecular weight is 457 g/mol. The lowest BCUT2D eigenvalue weighted by molar-refractivity contribution is -0.118. The highest BCUT2D eigenvalue weighted by Crippen LogP contribution is 2.32. The molecule has 1 N–H and O–H groups in total. The zero-order valence-corrected chi connectivity index (χ0v) is 18.8. The molecule has 9 heteroatoms. The fourth-order valence-corrected chi connectivity index (χ4v) is 4.99. The normalized spacial score (nSPS) is 16.9. The molecule has 0 aliphatic carbocycles. The van der Waals surface area contributed by atoms with Gasteiger partial charge in [-0.25, -0.2) is 9.78 Å². The monoisotopic (exact) mass is 456 g/mol. The van der Waals surface area contributed by atoms with Crippen molar-refractivity contribution in [3.8, 4) is 10.8 Å². The standard InChI is InChI=1S/C22H20N2O5S2/c1-11-8-9-30-18(11)20-23-17(12(2)28-20)13(3)29-21(26)15-6-4-14(5-7-15)10-16-19(25)24-22(27)31-16/h4-9,13,16H,10H2,1-3H3,(H,24,25,27). The van der Waals surface area contributed by atoms with Crippen LogP contribution in [0.25, 0.3) is 10.8 Å². The van der Waals surface area contributed by atoms with Crippen LogP contribution in [0.2, 0.25) is 0 Å². The molecule has 1 aromatic carbocycles. The molecule has 0 bridgehead atoms. The fourth-order valence-electron chi connectivity index (χ4n) is 3.28. The van der Waals surface area contributed by atoms with Gasteiger partial charge in [-0.05, 0) is 61.9 Å². The van der Waals surface area contributed by atoms with Crippen LogP contribution < -0.4 is 5.32 Å². The third-order valence-electron chi connectivity index (χ3n) is 4.94. The number of amides is 2. The minimum absolute atomic E-state index is 0.285. The summed E-state index contributed by atoms with van der Waals surface area (Å²) >= 11 is 2.53. The molecule has 1 aliphatic heterocycles. The summed E-state index contributed by atoms with van der Waals surface area (Å²) in [6.45, 7) is 5.55. The number of benzene rings is 1. The Hall–Kier alpha value is -2.91. The molecule has 160 valence electrons. The molecule has 1 aliphatic rings. The zero-order chi connectivity index (χ0) is 22.1. The van der Waals surface area contributed by atoms with E-state index in [9.17, 15) is 14.4 Å². The van der Waals surface area contributed by atoms with E-state index in [-0.39, 0.29) is 11.1 Å². The third-order valence-corrected chi connectivity index (χ3v) is 6.92. The molecule has 1 fully saturated rings. The molecular weight excluding hydrogens is 436 g/mol. The van der Waals surface area contributed by atoms with Crippen molar-refractivity contribution in [2.75, 3.05) is 0 Å². The maximum absolute atomic E-state index is 12.6. The molecule has 2 aromatic heterocycles. The molecule has 1 saturated heterocycles. The maximum atomic E-state index is 12.6. The number of nitrogens with one attached hydrogen (secondary N) is 1. The van der Waals surface area contributed by atoms with Crippen LogP contribution in [0.1, 0.15) is 46.0 Å². The van der Waals surface area contributed by atoms with Crippen LogP contribution in [-0.4, -0.2) is 27.3 Å². The van der Waals surface area contributed by atoms with Gasteiger partial charge in [-0.15, -0.1) is 11.3 Å². The predicted octanol–water partition coefficient (Wildman–Crippen LogP) is 4.83. The van der Waals surface area contributed by atoms with Gasteiger partial charge in [-0.1, -0.05) is 23.9 Å². The Morgan fingerprint density at radius 2 is 1.97 bits per heavy atom. The van der Waals surface area contributed by atoms with E-state index in [2.05, 4.69) is 10.3 Å². The molecule has 3 heterocycles. The third kappa shape index (κ3) is 4.57. The van der Waals surface area contributed by atoms with Crippen LogP contribution in [0.15, 0.2) is 40.1 Å². The topological polar surface area (TPSA) is 98.5 Å². The number of oxazole rings is 1. The van der Waals surface area contributed by atoms with Crippen LogP contribution in [0.3, 0.4) is 0 Å². The van der Waals surface area contributed by atoms with E-state index in [0.29, 0.717) is 29.3 Å². The van der Waals surface area contributed by atoms with Gasteiger partial charge in [0.25, 0.3) is 5.24 Å². The van der Waals surface area contributed by atoms with Crippen molar-refractivity contribution in [1.29, 1.82) is 0 Å². The molecular formula is C22H20N2O5S2. The minimum atomic E-state index is -0.574. The van der Waals surface area contributed by atoms with Gasteiger partial charge in [0.2, 0.25) is 11.8 Å². The molecule has 31 heavy (non-hydrogen) atoms. The minimum Gasteiger partial charge on any atom is -0.452 e. The van der Waals surface area contributed by atoms with Crippen LogP contribution in [-0.2, 0) is 16.0 Å². The number of rotatable bonds is 6. The second kappa shape index (κ2) is 8.68. The molecule has 2 amide bonds. The summed E-state index contributed by atoms with van der Waals surface area (Å²) in [5, 5.41) is 3.48. The lowest BCUT2D eigenvalue weighted by atomic mass is 10.1. The van der Waals surface area contributed by atoms with Gasteiger partial charge in [-0.3, -0.25) is 14.9 Å². The van der Waals surface area contributed by atoms with E-state index in [1.807, 2.05) is 18.4 Å². The van der Waals surface area contributed by atoms with Crippen LogP contribution in [0.4, 0.5) is 4.79 Å². The number of thioether (sulfide) groups is 1. The molecule has 2 unspecified atom stereocenters. The summed E-state index contributed by atoms with van der Waals surface area (Å²) in [6, 6.07) is 8.83. The van der Waals surface area contributed by atoms with Crippen LogP contribution in [0.5, 0.6) is 0 Å². The number of hydrogen-bond donors (Lipinski definition) is 1. The van der Waals surface area contributed by atoms with Crippen molar-refractivity contribution in [2.24, 2.45) is 0 Å². The lowest BCUT2D eigenvalue weighted by Crippen LogP contribution is -2.25. The number of aromatic nitrogens is 1. The highest BCUT2D eigenvalue weighted by Gasteiger charge is 2.31. The van der Waals surface area contributed by atoms with Crippen molar-refractivity contribution in [3.05, 3.63) is 63.9 Å². The number of thiophene rings is 1. The summed E-state index contributed by atoms with van der Waals surface area (Å²) in [5.74, 6) is 0.380. The highest BCUT2D eigenvalue weighted by atomic mass is 32.2. The number of imide groups is 1. The molecule has 2 atom stereocenters. The van der Waals surface area contributed by atoms with E-state index in [4.69, 9.17) is 9.15 Å². The smallest absolute Gasteiger partial charge is 0.338 e. The quantitative estimate of drug-likeness (QED) is 0.530. The number of esters is 1. The van der Waals surface area contributed by atoms with Crippen molar-refractivity contribution in [1.82, 2.24) is 10.3 Å². The number of aryl methyl sites for hydroxylation is 2. The van der Waals surface area contributed by atoms with E-state index in [1.165, 1.54) is 0 Å². The van der Waals surface area contributed by atoms with Gasteiger partial charge in [0.1, 0.15) is 17.6 Å². The van der Waals surface area contributed by atoms with Crippen molar-refractivity contribution < 1.29 is 23.5 Å². The van der Waals surface area contributed by atoms with E-state index in [1.54, 1.807) is 49.4 Å². The molecule has 7 nitrogen and oxygen atoms in total. The lowest BCUT2D eigenvalue weighted by Gasteiger charge is -2.12. The molecule has 0 spiro atoms. The summed E-state index contributed by atoms with van der Waals surface area (Å²) in [7, 11) is 0. The van der Waals surface area contributed by atoms with E-state index in [0.717, 1.165) is 27.8 Å². The van der Waals surface area contributed by atoms with Gasteiger partial charge in [0, 0.05) is 0 Å². The van der Waals surface area contributed by atoms with Crippen molar-refractivity contribution >= 4 is 40.2 Å². The number of carbonyl (C=O) groups excluding carboxylic acids is 3. The summed E-state index contributed by atoms with van der Waals surface area (Å²) in [4.78, 5) is 41.1. The average Bonchev–Trinajstić information content (AvgIpc) is 3.41. The largest absolute Gasteiger partial charge is 0.452 e. The van der Waals surface area contributed by atoms with E-state index < -0.39 is 17.3 Å². The van der Waals surface area contributed by atoms with Crippen molar-refractivity contribution in [3.63, 3.8) is 0 Å². The van der Waals surface area contributed by atoms with Gasteiger partial charge in [0.05, 0.1) is 15.7 Å². The number of hydrogen-bond acceptors (Lipinski definition) is 8. The Morgan fingerprint density at radius 3 is 2.58 bits per heavy atom. The fraction of sp³-hybridized carbons (Fsp3) is 0.273. The Kier molecular flexibility index (Phi) is 5.97. The Balaban J connectivity index is 1.41. The molecule has 0 saturated carbocycles. The first-order valence-corrected chi connectivity index (χ1v) is 11.4. The molecule has 0 radical (unpaired) electrons. The highest BCUT2D eigenvalue weighted by molar-refractivity contribution is 8.15. The Morgan fingerprint density at radius 1 is 1.23 bits per heavy atom. The molecule has 3 aromatic rings. The second-order valence-corrected chi connectivity index (χ2v) is 9.32. The number of carbonyl (C=O) groups is 3. The van der Waals surface area contributed by atoms with Crippen molar-refractivity contribution in [2.45, 2.75) is 38.5 Å². The van der Waals surface area contributed by atoms with Gasteiger partial charge < -0.3 is 9.15 Å². The zero-order valence-electron chi connectivity index (χ0n) is 17.1. The first-order valence-electron chi connectivity index (χ1n) is 9.65. The number of ether oxygens (including phenoxy) is 1. The predicted molar refractivity (Wildman–Crippen MR) is 118 cm³/mol. The van der Waals surface area contributed by atoms with Gasteiger partial charge >= 0.3 is 5.97 Å². The second-order valence-electron chi connectivity index (χ2n) is 7.22. The summed E-state index contributed by atoms with van der Waals surface area (Å²) in [6.07, 6.45) is -0.161. The molecule has 4 rings (SSSR count). The van der Waals surface area contributed by atoms with Crippen LogP contribution in [0, 0.1) is 13.8 Å². The van der Waals surface area contributed by atoms with Gasteiger partial charge in [0.15, 0.2) is 0 Å². The summed E-state index contributed by atoms with van der Waals surface area (Å²) in [5.41, 5.74) is 2.92. The van der Waals surface area contributed by atoms with Crippen LogP contribution >= 0.6 is 23.1 Å². The Labute approximate surface area is 187 Å². The Bertz CT molecular complexity index is 1150. The first kappa shape index (κ1) is 21.3.